The van der Waals surface area contributed by atoms with E-state index in [1.54, 1.807) is 0 Å². The largest absolute Gasteiger partial charge is 0.344 e. The van der Waals surface area contributed by atoms with Gasteiger partial charge in [0.1, 0.15) is 5.82 Å². The number of aromatic nitrogens is 2. The van der Waals surface area contributed by atoms with Crippen LogP contribution in [0.25, 0.3) is 22.4 Å². The average Bonchev–Trinajstić information content (AvgIpc) is 2.86. The van der Waals surface area contributed by atoms with Crippen molar-refractivity contribution in [1.82, 2.24) is 20.6 Å². The summed E-state index contributed by atoms with van der Waals surface area (Å²) in [6.07, 6.45) is 0. The average molecular weight is 267 g/mol. The van der Waals surface area contributed by atoms with Crippen LogP contribution in [0.3, 0.4) is 0 Å². The number of likely N-dealkylation sites (N-methyl/N-ethyl adjacent to an activating group) is 1. The highest BCUT2D eigenvalue weighted by Gasteiger charge is 2.23. The second-order valence-corrected chi connectivity index (χ2v) is 4.84. The summed E-state index contributed by atoms with van der Waals surface area (Å²) >= 11 is 6.16. The minimum Gasteiger partial charge on any atom is -0.344 e. The maximum atomic E-state index is 6.16. The highest BCUT2D eigenvalue weighted by atomic mass is 35.5. The number of hydrogen-bond acceptors (Lipinski definition) is 3. The maximum absolute atomic E-state index is 6.16. The molecule has 0 saturated carbocycles. The van der Waals surface area contributed by atoms with Crippen molar-refractivity contribution >= 4 is 22.6 Å². The van der Waals surface area contributed by atoms with Gasteiger partial charge in [0.25, 0.3) is 0 Å². The summed E-state index contributed by atoms with van der Waals surface area (Å²) < 4.78 is 2.29. The Labute approximate surface area is 112 Å². The summed E-state index contributed by atoms with van der Waals surface area (Å²) in [6, 6.07) is 4.12. The van der Waals surface area contributed by atoms with Gasteiger partial charge in [0.2, 0.25) is 0 Å². The zero-order chi connectivity index (χ0) is 12.0. The number of fused-ring (bicyclic) bond motifs is 1. The van der Waals surface area contributed by atoms with Crippen LogP contribution in [-0.2, 0) is 6.54 Å². The Kier molecular flexibility index (Phi) is 3.61. The lowest BCUT2D eigenvalue weighted by molar-refractivity contribution is 0.292. The van der Waals surface area contributed by atoms with Crippen molar-refractivity contribution in [2.45, 2.75) is 20.4 Å². The van der Waals surface area contributed by atoms with Gasteiger partial charge < -0.3 is 15.6 Å². The molecular formula is C13H19ClN4. The zero-order valence-corrected chi connectivity index (χ0v) is 11.7. The molecule has 2 aliphatic rings. The Hall–Kier alpha value is -1.10. The monoisotopic (exact) mass is 266 g/mol. The Balaban J connectivity index is 0.00000120. The van der Waals surface area contributed by atoms with Gasteiger partial charge in [-0.05, 0) is 25.2 Å². The molecule has 0 radical (unpaired) electrons. The van der Waals surface area contributed by atoms with Crippen LogP contribution >= 0.6 is 11.6 Å². The Morgan fingerprint density at radius 2 is 2.00 bits per heavy atom. The van der Waals surface area contributed by atoms with E-state index in [9.17, 15) is 0 Å². The molecule has 4 nitrogen and oxygen atoms in total. The number of halogens is 1. The summed E-state index contributed by atoms with van der Waals surface area (Å²) in [5.41, 5.74) is 3.35. The number of benzene rings is 1. The first-order chi connectivity index (χ1) is 8.24. The first kappa shape index (κ1) is 13.3. The second-order valence-electron chi connectivity index (χ2n) is 4.43. The molecule has 0 spiro atoms. The predicted octanol–water partition coefficient (Wildman–Crippen LogP) is 3.17. The third-order valence-corrected chi connectivity index (χ3v) is 3.92. The molecular weight excluding hydrogens is 248 g/mol. The summed E-state index contributed by atoms with van der Waals surface area (Å²) in [7, 11) is 0. The van der Waals surface area contributed by atoms with Gasteiger partial charge >= 0.3 is 0 Å². The van der Waals surface area contributed by atoms with E-state index in [0.717, 1.165) is 48.1 Å². The van der Waals surface area contributed by atoms with Crippen LogP contribution in [0.4, 0.5) is 0 Å². The highest BCUT2D eigenvalue weighted by molar-refractivity contribution is 6.34. The highest BCUT2D eigenvalue weighted by Crippen LogP contribution is 2.39. The molecule has 0 fully saturated rings. The minimum atomic E-state index is 0. The fourth-order valence-corrected chi connectivity index (χ4v) is 2.77. The van der Waals surface area contributed by atoms with Crippen molar-refractivity contribution in [3.05, 3.63) is 17.2 Å². The van der Waals surface area contributed by atoms with Crippen LogP contribution in [0.15, 0.2) is 12.1 Å². The summed E-state index contributed by atoms with van der Waals surface area (Å²) in [4.78, 5) is 6.98. The molecule has 2 aromatic rings. The third kappa shape index (κ3) is 1.81. The molecule has 3 N–H and O–H groups in total. The van der Waals surface area contributed by atoms with E-state index in [4.69, 9.17) is 11.6 Å². The van der Waals surface area contributed by atoms with E-state index in [-0.39, 0.29) is 6.15 Å². The van der Waals surface area contributed by atoms with Crippen LogP contribution < -0.4 is 6.15 Å². The molecule has 0 aliphatic carbocycles. The Morgan fingerprint density at radius 3 is 2.61 bits per heavy atom. The molecule has 0 amide bonds. The van der Waals surface area contributed by atoms with Crippen molar-refractivity contribution in [1.29, 1.82) is 0 Å². The van der Waals surface area contributed by atoms with E-state index in [2.05, 4.69) is 34.4 Å². The minimum absolute atomic E-state index is 0. The standard InChI is InChI=1S/C13H16ClN3.H3N/c1-3-16(4-2)5-6-17-12-8-10(14)9-7-11(12)15-13(9)17;/h7-8H,3-6H2,1-2H3;1H3. The molecule has 98 valence electrons. The smallest absolute Gasteiger partial charge is 0.142 e. The summed E-state index contributed by atoms with van der Waals surface area (Å²) in [5.74, 6) is 1.05. The number of nitrogens with zero attached hydrogens (tertiary/aromatic N) is 3. The zero-order valence-electron chi connectivity index (χ0n) is 10.9. The van der Waals surface area contributed by atoms with Crippen molar-refractivity contribution in [3.63, 3.8) is 0 Å². The van der Waals surface area contributed by atoms with Crippen LogP contribution in [0, 0.1) is 0 Å². The molecule has 0 atom stereocenters. The number of pyridine rings is 2. The fourth-order valence-electron chi connectivity index (χ4n) is 2.53. The third-order valence-electron chi connectivity index (χ3n) is 3.61. The predicted molar refractivity (Wildman–Crippen MR) is 76.5 cm³/mol. The van der Waals surface area contributed by atoms with E-state index in [0.29, 0.717) is 0 Å². The van der Waals surface area contributed by atoms with Gasteiger partial charge in [0, 0.05) is 18.7 Å². The molecule has 4 rings (SSSR count). The van der Waals surface area contributed by atoms with Crippen molar-refractivity contribution < 1.29 is 0 Å². The van der Waals surface area contributed by atoms with Crippen molar-refractivity contribution in [2.75, 3.05) is 19.6 Å². The number of imidazole rings is 1. The van der Waals surface area contributed by atoms with E-state index < -0.39 is 0 Å². The first-order valence-corrected chi connectivity index (χ1v) is 6.55. The fraction of sp³-hybridized carbons (Fsp3) is 0.462. The van der Waals surface area contributed by atoms with Gasteiger partial charge in [-0.2, -0.15) is 0 Å². The van der Waals surface area contributed by atoms with Gasteiger partial charge in [-0.25, -0.2) is 4.98 Å². The lowest BCUT2D eigenvalue weighted by Gasteiger charge is -2.21. The van der Waals surface area contributed by atoms with Gasteiger partial charge in [0.15, 0.2) is 0 Å². The number of hydrogen-bond donors (Lipinski definition) is 1. The van der Waals surface area contributed by atoms with Gasteiger partial charge in [-0.1, -0.05) is 25.4 Å². The van der Waals surface area contributed by atoms with Gasteiger partial charge in [-0.15, -0.1) is 0 Å². The first-order valence-electron chi connectivity index (χ1n) is 6.17. The van der Waals surface area contributed by atoms with E-state index in [1.807, 2.05) is 6.07 Å². The number of rotatable bonds is 5. The quantitative estimate of drug-likeness (QED) is 0.772. The topological polar surface area (TPSA) is 56.1 Å². The molecule has 4 bridgehead atoms. The lowest BCUT2D eigenvalue weighted by atomic mass is 10.1. The maximum Gasteiger partial charge on any atom is 0.142 e. The van der Waals surface area contributed by atoms with E-state index in [1.165, 1.54) is 5.52 Å². The van der Waals surface area contributed by atoms with Crippen LogP contribution in [-0.4, -0.2) is 34.1 Å². The molecule has 0 unspecified atom stereocenters. The van der Waals surface area contributed by atoms with Crippen LogP contribution in [0.1, 0.15) is 13.8 Å². The molecule has 1 aromatic heterocycles. The van der Waals surface area contributed by atoms with Crippen molar-refractivity contribution in [3.8, 4) is 11.4 Å². The lowest BCUT2D eigenvalue weighted by Crippen LogP contribution is -2.27. The van der Waals surface area contributed by atoms with Gasteiger partial charge in [-0.3, -0.25) is 0 Å². The second kappa shape index (κ2) is 4.88. The molecule has 2 aliphatic heterocycles. The van der Waals surface area contributed by atoms with Crippen molar-refractivity contribution in [2.24, 2.45) is 0 Å². The van der Waals surface area contributed by atoms with Gasteiger partial charge in [0.05, 0.1) is 16.1 Å². The van der Waals surface area contributed by atoms with Crippen LogP contribution in [0.2, 0.25) is 5.02 Å². The Bertz CT molecular complexity index is 572. The summed E-state index contributed by atoms with van der Waals surface area (Å²) in [5, 5.41) is 0.832. The molecule has 5 heteroatoms. The summed E-state index contributed by atoms with van der Waals surface area (Å²) in [6.45, 7) is 8.66. The van der Waals surface area contributed by atoms with E-state index >= 15 is 0 Å². The Morgan fingerprint density at radius 1 is 1.28 bits per heavy atom. The molecule has 3 heterocycles. The molecule has 18 heavy (non-hydrogen) atoms. The molecule has 0 saturated heterocycles. The SMILES string of the molecule is CCN(CC)CCn1c2nc3cc-2c(Cl)cc31.N. The van der Waals surface area contributed by atoms with Crippen LogP contribution in [0.5, 0.6) is 0 Å². The normalized spacial score (nSPS) is 12.0. The molecule has 1 aromatic carbocycles.